The van der Waals surface area contributed by atoms with Crippen molar-refractivity contribution in [2.24, 2.45) is 0 Å². The van der Waals surface area contributed by atoms with Gasteiger partial charge in [-0.05, 0) is 43.3 Å². The molecule has 1 fully saturated rings. The van der Waals surface area contributed by atoms with Crippen molar-refractivity contribution in [1.29, 1.82) is 0 Å². The summed E-state index contributed by atoms with van der Waals surface area (Å²) in [6, 6.07) is 23.8. The highest BCUT2D eigenvalue weighted by Crippen LogP contribution is 2.30. The Morgan fingerprint density at radius 3 is 2.08 bits per heavy atom. The summed E-state index contributed by atoms with van der Waals surface area (Å²) in [6.45, 7) is 7.89. The summed E-state index contributed by atoms with van der Waals surface area (Å²) in [5.74, 6) is 0. The molecule has 1 aliphatic heterocycles. The van der Waals surface area contributed by atoms with Crippen LogP contribution in [-0.4, -0.2) is 47.6 Å². The van der Waals surface area contributed by atoms with Crippen LogP contribution in [0.25, 0.3) is 16.9 Å². The van der Waals surface area contributed by atoms with Crippen LogP contribution in [0.5, 0.6) is 0 Å². The van der Waals surface area contributed by atoms with Crippen LogP contribution in [0.4, 0.5) is 0 Å². The molecule has 1 aliphatic rings. The fraction of sp³-hybridized carbons (Fsp3) is 0.304. The van der Waals surface area contributed by atoms with Gasteiger partial charge in [-0.3, -0.25) is 4.90 Å². The Morgan fingerprint density at radius 2 is 1.42 bits per heavy atom. The Balaban J connectivity index is 1.73. The van der Waals surface area contributed by atoms with Crippen molar-refractivity contribution in [3.63, 3.8) is 0 Å². The molecule has 2 aromatic carbocycles. The number of piperazine rings is 1. The molecular formula is C23H27N3. The maximum atomic E-state index is 2.58. The Bertz CT molecular complexity index is 844. The summed E-state index contributed by atoms with van der Waals surface area (Å²) >= 11 is 0. The quantitative estimate of drug-likeness (QED) is 0.702. The molecule has 0 bridgehead atoms. The van der Waals surface area contributed by atoms with E-state index >= 15 is 0 Å². The Labute approximate surface area is 156 Å². The topological polar surface area (TPSA) is 11.4 Å². The van der Waals surface area contributed by atoms with E-state index in [1.165, 1.54) is 28.2 Å². The summed E-state index contributed by atoms with van der Waals surface area (Å²) in [5, 5.41) is 0. The minimum Gasteiger partial charge on any atom is -0.314 e. The first kappa shape index (κ1) is 17.1. The average molecular weight is 345 g/mol. The summed E-state index contributed by atoms with van der Waals surface area (Å²) in [6.07, 6.45) is 0. The van der Waals surface area contributed by atoms with E-state index in [1.54, 1.807) is 0 Å². The first-order chi connectivity index (χ1) is 12.7. The second-order valence-electron chi connectivity index (χ2n) is 7.26. The zero-order valence-corrected chi connectivity index (χ0v) is 15.7. The van der Waals surface area contributed by atoms with Gasteiger partial charge in [0, 0.05) is 44.1 Å². The van der Waals surface area contributed by atoms with Crippen molar-refractivity contribution in [3.05, 3.63) is 78.0 Å². The lowest BCUT2D eigenvalue weighted by Gasteiger charge is -2.32. The molecule has 0 unspecified atom stereocenters. The highest BCUT2D eigenvalue weighted by molar-refractivity contribution is 5.65. The summed E-state index contributed by atoms with van der Waals surface area (Å²) in [4.78, 5) is 4.99. The molecule has 0 amide bonds. The zero-order valence-electron chi connectivity index (χ0n) is 15.7. The maximum absolute atomic E-state index is 2.58. The van der Waals surface area contributed by atoms with Crippen molar-refractivity contribution < 1.29 is 0 Å². The van der Waals surface area contributed by atoms with Gasteiger partial charge in [-0.15, -0.1) is 0 Å². The molecule has 3 aromatic rings. The molecule has 0 N–H and O–H groups in total. The first-order valence-corrected chi connectivity index (χ1v) is 9.45. The van der Waals surface area contributed by atoms with Crippen LogP contribution in [0.2, 0.25) is 0 Å². The molecule has 1 saturated heterocycles. The lowest BCUT2D eigenvalue weighted by atomic mass is 10.1. The van der Waals surface area contributed by atoms with E-state index in [-0.39, 0.29) is 0 Å². The van der Waals surface area contributed by atoms with E-state index in [2.05, 4.69) is 95.1 Å². The third kappa shape index (κ3) is 3.46. The molecule has 0 atom stereocenters. The molecule has 3 nitrogen and oxygen atoms in total. The number of para-hydroxylation sites is 1. The minimum absolute atomic E-state index is 1.03. The van der Waals surface area contributed by atoms with Gasteiger partial charge in [0.1, 0.15) is 0 Å². The second kappa shape index (κ2) is 7.48. The molecule has 0 saturated carbocycles. The largest absolute Gasteiger partial charge is 0.314 e. The van der Waals surface area contributed by atoms with Gasteiger partial charge in [0.15, 0.2) is 0 Å². The van der Waals surface area contributed by atoms with Crippen LogP contribution >= 0.6 is 0 Å². The average Bonchev–Trinajstić information content (AvgIpc) is 3.01. The predicted molar refractivity (Wildman–Crippen MR) is 109 cm³/mol. The summed E-state index contributed by atoms with van der Waals surface area (Å²) < 4.78 is 2.40. The second-order valence-corrected chi connectivity index (χ2v) is 7.26. The van der Waals surface area contributed by atoms with Crippen LogP contribution in [0.3, 0.4) is 0 Å². The number of nitrogens with zero attached hydrogens (tertiary/aromatic N) is 3. The van der Waals surface area contributed by atoms with Crippen molar-refractivity contribution in [3.8, 4) is 16.9 Å². The van der Waals surface area contributed by atoms with Crippen LogP contribution in [-0.2, 0) is 6.54 Å². The van der Waals surface area contributed by atoms with Crippen molar-refractivity contribution >= 4 is 0 Å². The SMILES string of the molecule is Cc1c(CN2CCN(C)CC2)cc(-c2ccccc2)n1-c1ccccc1. The first-order valence-electron chi connectivity index (χ1n) is 9.45. The van der Waals surface area contributed by atoms with Crippen molar-refractivity contribution in [2.75, 3.05) is 33.2 Å². The van der Waals surface area contributed by atoms with Gasteiger partial charge in [0.05, 0.1) is 5.69 Å². The van der Waals surface area contributed by atoms with E-state index in [4.69, 9.17) is 0 Å². The number of likely N-dealkylation sites (N-methyl/N-ethyl adjacent to an activating group) is 1. The number of rotatable bonds is 4. The highest BCUT2D eigenvalue weighted by atomic mass is 15.2. The van der Waals surface area contributed by atoms with Crippen molar-refractivity contribution in [1.82, 2.24) is 14.4 Å². The van der Waals surface area contributed by atoms with E-state index in [1.807, 2.05) is 0 Å². The molecular weight excluding hydrogens is 318 g/mol. The molecule has 2 heterocycles. The normalized spacial score (nSPS) is 16.1. The third-order valence-corrected chi connectivity index (χ3v) is 5.43. The van der Waals surface area contributed by atoms with Gasteiger partial charge in [-0.25, -0.2) is 0 Å². The van der Waals surface area contributed by atoms with Crippen molar-refractivity contribution in [2.45, 2.75) is 13.5 Å². The minimum atomic E-state index is 1.03. The molecule has 0 spiro atoms. The van der Waals surface area contributed by atoms with Crippen LogP contribution in [0, 0.1) is 6.92 Å². The number of aromatic nitrogens is 1. The van der Waals surface area contributed by atoms with Gasteiger partial charge < -0.3 is 9.47 Å². The molecule has 3 heteroatoms. The lowest BCUT2D eigenvalue weighted by Crippen LogP contribution is -2.43. The van der Waals surface area contributed by atoms with Crippen LogP contribution in [0.15, 0.2) is 66.7 Å². The van der Waals surface area contributed by atoms with Crippen LogP contribution in [0.1, 0.15) is 11.3 Å². The number of hydrogen-bond acceptors (Lipinski definition) is 2. The standard InChI is InChI=1S/C23H27N3/c1-19-21(18-25-15-13-24(2)14-16-25)17-23(20-9-5-3-6-10-20)26(19)22-11-7-4-8-12-22/h3-12,17H,13-16,18H2,1-2H3. The molecule has 134 valence electrons. The van der Waals surface area contributed by atoms with E-state index in [0.717, 1.165) is 32.7 Å². The summed E-state index contributed by atoms with van der Waals surface area (Å²) in [7, 11) is 2.21. The van der Waals surface area contributed by atoms with E-state index in [0.29, 0.717) is 0 Å². The smallest absolute Gasteiger partial charge is 0.0534 e. The van der Waals surface area contributed by atoms with Gasteiger partial charge >= 0.3 is 0 Å². The predicted octanol–water partition coefficient (Wildman–Crippen LogP) is 4.20. The van der Waals surface area contributed by atoms with Gasteiger partial charge in [-0.1, -0.05) is 48.5 Å². The van der Waals surface area contributed by atoms with Gasteiger partial charge in [0.2, 0.25) is 0 Å². The Kier molecular flexibility index (Phi) is 4.91. The van der Waals surface area contributed by atoms with Gasteiger partial charge in [-0.2, -0.15) is 0 Å². The van der Waals surface area contributed by atoms with Gasteiger partial charge in [0.25, 0.3) is 0 Å². The Morgan fingerprint density at radius 1 is 0.808 bits per heavy atom. The molecule has 0 radical (unpaired) electrons. The monoisotopic (exact) mass is 345 g/mol. The third-order valence-electron chi connectivity index (χ3n) is 5.43. The number of benzene rings is 2. The summed E-state index contributed by atoms with van der Waals surface area (Å²) in [5.41, 5.74) is 6.54. The zero-order chi connectivity index (χ0) is 17.9. The molecule has 26 heavy (non-hydrogen) atoms. The lowest BCUT2D eigenvalue weighted by molar-refractivity contribution is 0.148. The van der Waals surface area contributed by atoms with E-state index in [9.17, 15) is 0 Å². The van der Waals surface area contributed by atoms with Crippen LogP contribution < -0.4 is 0 Å². The molecule has 1 aromatic heterocycles. The number of hydrogen-bond donors (Lipinski definition) is 0. The maximum Gasteiger partial charge on any atom is 0.0534 e. The fourth-order valence-corrected chi connectivity index (χ4v) is 3.80. The highest BCUT2D eigenvalue weighted by Gasteiger charge is 2.19. The van der Waals surface area contributed by atoms with E-state index < -0.39 is 0 Å². The fourth-order valence-electron chi connectivity index (χ4n) is 3.80. The Hall–Kier alpha value is -2.36. The molecule has 4 rings (SSSR count). The molecule has 0 aliphatic carbocycles.